The molecule has 0 aliphatic rings. The van der Waals surface area contributed by atoms with Gasteiger partial charge in [-0.25, -0.2) is 9.79 Å². The summed E-state index contributed by atoms with van der Waals surface area (Å²) in [5, 5.41) is 2.89. The number of nitrogens with one attached hydrogen (secondary N) is 1. The number of hydrogen-bond acceptors (Lipinski definition) is 5. The molecule has 2 rings (SSSR count). The van der Waals surface area contributed by atoms with E-state index in [0.717, 1.165) is 12.0 Å². The Hall–Kier alpha value is -3.09. The molecule has 0 saturated heterocycles. The van der Waals surface area contributed by atoms with E-state index in [9.17, 15) is 9.59 Å². The molecule has 1 N–H and O–H groups in total. The summed E-state index contributed by atoms with van der Waals surface area (Å²) < 4.78 is 9.72. The minimum atomic E-state index is -0.694. The zero-order valence-corrected chi connectivity index (χ0v) is 16.2. The number of rotatable bonds is 7. The van der Waals surface area contributed by atoms with E-state index < -0.39 is 12.0 Å². The summed E-state index contributed by atoms with van der Waals surface area (Å²) >= 11 is 0. The molecule has 0 saturated carbocycles. The Morgan fingerprint density at radius 2 is 1.75 bits per heavy atom. The van der Waals surface area contributed by atoms with Crippen molar-refractivity contribution in [2.75, 3.05) is 0 Å². The van der Waals surface area contributed by atoms with Gasteiger partial charge in [-0.15, -0.1) is 0 Å². The first-order valence-electron chi connectivity index (χ1n) is 8.84. The van der Waals surface area contributed by atoms with Gasteiger partial charge in [-0.2, -0.15) is 0 Å². The van der Waals surface area contributed by atoms with Crippen molar-refractivity contribution >= 4 is 26.3 Å². The second-order valence-electron chi connectivity index (χ2n) is 7.25. The van der Waals surface area contributed by atoms with Crippen molar-refractivity contribution in [1.82, 2.24) is 5.32 Å². The van der Waals surface area contributed by atoms with E-state index >= 15 is 0 Å². The van der Waals surface area contributed by atoms with E-state index in [2.05, 4.69) is 15.0 Å². The lowest BCUT2D eigenvalue weighted by Crippen LogP contribution is -2.46. The van der Waals surface area contributed by atoms with E-state index in [0.29, 0.717) is 17.7 Å². The molecule has 2 aromatic rings. The molecule has 6 nitrogen and oxygen atoms in total. The Bertz CT molecular complexity index is 815. The lowest BCUT2D eigenvalue weighted by atomic mass is 10.0. The van der Waals surface area contributed by atoms with Gasteiger partial charge in [0.15, 0.2) is 6.40 Å². The van der Waals surface area contributed by atoms with Gasteiger partial charge in [0, 0.05) is 12.0 Å². The second-order valence-corrected chi connectivity index (χ2v) is 7.25. The number of nitrogens with zero attached hydrogens (tertiary/aromatic N) is 1. The van der Waals surface area contributed by atoms with Gasteiger partial charge >= 0.3 is 14.0 Å². The van der Waals surface area contributed by atoms with Crippen LogP contribution in [0.2, 0.25) is 0 Å². The van der Waals surface area contributed by atoms with Crippen molar-refractivity contribution < 1.29 is 19.0 Å². The molecule has 2 radical (unpaired) electrons. The molecule has 144 valence electrons. The molecule has 0 spiro atoms. The number of amides is 1. The fourth-order valence-corrected chi connectivity index (χ4v) is 2.43. The van der Waals surface area contributed by atoms with Gasteiger partial charge in [0.25, 0.3) is 0 Å². The number of carbonyl (C=O) groups excluding carboxylic acids is 2. The van der Waals surface area contributed by atoms with Crippen LogP contribution in [0.25, 0.3) is 0 Å². The van der Waals surface area contributed by atoms with Crippen LogP contribution in [0, 0.1) is 0 Å². The van der Waals surface area contributed by atoms with Crippen molar-refractivity contribution in [3.05, 3.63) is 65.7 Å². The minimum Gasteiger partial charge on any atom is -0.560 e. The predicted molar refractivity (Wildman–Crippen MR) is 109 cm³/mol. The number of carbonyl (C=O) groups is 2. The quantitative estimate of drug-likeness (QED) is 0.264. The number of hydrogen-bond donors (Lipinski definition) is 1. The van der Waals surface area contributed by atoms with Crippen molar-refractivity contribution in [3.63, 3.8) is 0 Å². The third-order valence-corrected chi connectivity index (χ3v) is 3.67. The molecular formula is C21H23BN2O4. The smallest absolute Gasteiger partial charge is 0.375 e. The highest BCUT2D eigenvalue weighted by Gasteiger charge is 2.22. The zero-order chi connectivity index (χ0) is 20.6. The summed E-state index contributed by atoms with van der Waals surface area (Å²) in [4.78, 5) is 28.6. The van der Waals surface area contributed by atoms with Crippen LogP contribution < -0.4 is 10.1 Å². The lowest BCUT2D eigenvalue weighted by Gasteiger charge is -2.23. The van der Waals surface area contributed by atoms with Gasteiger partial charge in [0.1, 0.15) is 11.8 Å². The van der Waals surface area contributed by atoms with Gasteiger partial charge in [-0.3, -0.25) is 4.79 Å². The van der Waals surface area contributed by atoms with E-state index in [1.807, 2.05) is 26.8 Å². The third-order valence-electron chi connectivity index (χ3n) is 3.67. The SMILES string of the molecule is [B]OC=N[C@@H](Cc1ccc(OC(=O)c2ccccc2)cc1)C(=O)NC(C)(C)C. The molecule has 0 bridgehead atoms. The fraction of sp³-hybridized carbons (Fsp3) is 0.286. The zero-order valence-electron chi connectivity index (χ0n) is 16.2. The number of ether oxygens (including phenoxy) is 1. The minimum absolute atomic E-state index is 0.236. The summed E-state index contributed by atoms with van der Waals surface area (Å²) in [6, 6.07) is 15.0. The first-order valence-corrected chi connectivity index (χ1v) is 8.84. The lowest BCUT2D eigenvalue weighted by molar-refractivity contribution is -0.123. The summed E-state index contributed by atoms with van der Waals surface area (Å²) in [7, 11) is 4.98. The molecular weight excluding hydrogens is 355 g/mol. The van der Waals surface area contributed by atoms with Crippen LogP contribution in [0.4, 0.5) is 0 Å². The van der Waals surface area contributed by atoms with E-state index in [1.54, 1.807) is 48.5 Å². The number of esters is 1. The fourth-order valence-electron chi connectivity index (χ4n) is 2.43. The van der Waals surface area contributed by atoms with Gasteiger partial charge in [-0.05, 0) is 50.6 Å². The van der Waals surface area contributed by atoms with E-state index in [1.165, 1.54) is 0 Å². The molecule has 0 unspecified atom stereocenters. The maximum atomic E-state index is 12.4. The predicted octanol–water partition coefficient (Wildman–Crippen LogP) is 2.86. The largest absolute Gasteiger partial charge is 0.560 e. The number of benzene rings is 2. The van der Waals surface area contributed by atoms with Crippen molar-refractivity contribution in [1.29, 1.82) is 0 Å². The highest BCUT2D eigenvalue weighted by atomic mass is 16.5. The molecule has 2 aromatic carbocycles. The summed E-state index contributed by atoms with van der Waals surface area (Å²) in [5.74, 6) is -0.247. The molecule has 0 aliphatic heterocycles. The Balaban J connectivity index is 2.04. The van der Waals surface area contributed by atoms with Crippen LogP contribution in [0.5, 0.6) is 5.75 Å². The van der Waals surface area contributed by atoms with Gasteiger partial charge in [0.05, 0.1) is 5.56 Å². The molecule has 7 heteroatoms. The average Bonchev–Trinajstić information content (AvgIpc) is 2.65. The Labute approximate surface area is 166 Å². The maximum Gasteiger partial charge on any atom is 0.375 e. The summed E-state index contributed by atoms with van der Waals surface area (Å²) in [6.45, 7) is 5.67. The van der Waals surface area contributed by atoms with Crippen LogP contribution in [0.3, 0.4) is 0 Å². The highest BCUT2D eigenvalue weighted by Crippen LogP contribution is 2.16. The normalized spacial score (nSPS) is 12.4. The van der Waals surface area contributed by atoms with Gasteiger partial charge in [-0.1, -0.05) is 30.3 Å². The van der Waals surface area contributed by atoms with Crippen LogP contribution in [-0.4, -0.2) is 37.9 Å². The Morgan fingerprint density at radius 3 is 2.32 bits per heavy atom. The summed E-state index contributed by atoms with van der Waals surface area (Å²) in [6.07, 6.45) is 1.39. The van der Waals surface area contributed by atoms with Crippen LogP contribution in [-0.2, 0) is 15.9 Å². The monoisotopic (exact) mass is 378 g/mol. The summed E-state index contributed by atoms with van der Waals surface area (Å²) in [5.41, 5.74) is 0.938. The Morgan fingerprint density at radius 1 is 1.11 bits per heavy atom. The maximum absolute atomic E-state index is 12.4. The van der Waals surface area contributed by atoms with Crippen molar-refractivity contribution in [2.24, 2.45) is 4.99 Å². The second kappa shape index (κ2) is 9.74. The highest BCUT2D eigenvalue weighted by molar-refractivity contribution is 6.02. The first kappa shape index (κ1) is 21.2. The standard InChI is InChI=1S/C21H23BN2O4/c1-21(2,3)24-19(25)18(23-14-27-22)13-15-9-11-17(12-10-15)28-20(26)16-7-5-4-6-8-16/h4-12,14,18H,13H2,1-3H3,(H,24,25)/t18-/m0/s1. The van der Waals surface area contributed by atoms with Crippen LogP contribution in [0.1, 0.15) is 36.7 Å². The molecule has 1 amide bonds. The molecule has 1 atom stereocenters. The molecule has 0 heterocycles. The topological polar surface area (TPSA) is 77.0 Å². The Kier molecular flexibility index (Phi) is 7.38. The molecule has 28 heavy (non-hydrogen) atoms. The van der Waals surface area contributed by atoms with Gasteiger partial charge in [0.2, 0.25) is 5.91 Å². The number of aliphatic imine (C=N–C) groups is 1. The molecule has 0 fully saturated rings. The average molecular weight is 378 g/mol. The van der Waals surface area contributed by atoms with E-state index in [4.69, 9.17) is 12.8 Å². The van der Waals surface area contributed by atoms with Crippen molar-refractivity contribution in [3.8, 4) is 5.75 Å². The van der Waals surface area contributed by atoms with Crippen LogP contribution in [0.15, 0.2) is 59.6 Å². The first-order chi connectivity index (χ1) is 13.3. The molecule has 0 aliphatic carbocycles. The third kappa shape index (κ3) is 6.91. The van der Waals surface area contributed by atoms with Crippen LogP contribution >= 0.6 is 0 Å². The van der Waals surface area contributed by atoms with Crippen molar-refractivity contribution in [2.45, 2.75) is 38.8 Å². The van der Waals surface area contributed by atoms with Gasteiger partial charge < -0.3 is 14.7 Å². The van der Waals surface area contributed by atoms with E-state index in [-0.39, 0.29) is 11.4 Å². The molecule has 0 aromatic heterocycles.